The van der Waals surface area contributed by atoms with E-state index in [1.807, 2.05) is 43.5 Å². The van der Waals surface area contributed by atoms with Crippen molar-refractivity contribution in [3.05, 3.63) is 77.4 Å². The molecule has 0 spiro atoms. The van der Waals surface area contributed by atoms with Gasteiger partial charge in [-0.25, -0.2) is 0 Å². The number of nitrogens with zero attached hydrogens (tertiary/aromatic N) is 2. The average molecular weight is 288 g/mol. The summed E-state index contributed by atoms with van der Waals surface area (Å²) in [6, 6.07) is 16.1. The molecule has 1 atom stereocenters. The van der Waals surface area contributed by atoms with E-state index in [9.17, 15) is 4.79 Å². The van der Waals surface area contributed by atoms with E-state index in [0.29, 0.717) is 0 Å². The Bertz CT molecular complexity index is 836. The minimum atomic E-state index is -0.479. The van der Waals surface area contributed by atoms with Crippen molar-refractivity contribution in [2.45, 2.75) is 12.6 Å². The highest BCUT2D eigenvalue weighted by Crippen LogP contribution is 2.41. The predicted octanol–water partition coefficient (Wildman–Crippen LogP) is 3.55. The smallest absolute Gasteiger partial charge is 0.186 e. The normalized spacial score (nSPS) is 22.4. The van der Waals surface area contributed by atoms with E-state index in [1.165, 1.54) is 0 Å². The van der Waals surface area contributed by atoms with Crippen LogP contribution >= 0.6 is 0 Å². The summed E-state index contributed by atoms with van der Waals surface area (Å²) >= 11 is 0. The lowest BCUT2D eigenvalue weighted by Crippen LogP contribution is -2.44. The van der Waals surface area contributed by atoms with Crippen molar-refractivity contribution in [1.29, 1.82) is 0 Å². The number of rotatable bonds is 1. The first-order valence-electron chi connectivity index (χ1n) is 7.36. The molecule has 0 aromatic heterocycles. The fourth-order valence-corrected chi connectivity index (χ4v) is 3.27. The molecule has 3 heteroatoms. The molecule has 0 bridgehead atoms. The van der Waals surface area contributed by atoms with Crippen LogP contribution in [-0.4, -0.2) is 18.5 Å². The molecule has 108 valence electrons. The Morgan fingerprint density at radius 3 is 2.55 bits per heavy atom. The first-order valence-corrected chi connectivity index (χ1v) is 7.36. The Labute approximate surface area is 129 Å². The lowest BCUT2D eigenvalue weighted by Gasteiger charge is -2.43. The number of carbonyl (C=O) groups is 1. The molecule has 0 N–H and O–H groups in total. The zero-order valence-electron chi connectivity index (χ0n) is 12.6. The number of carbonyl (C=O) groups excluding carboxylic acids is 1. The molecule has 1 aliphatic heterocycles. The molecule has 1 unspecified atom stereocenters. The topological polar surface area (TPSA) is 32.7 Å². The third-order valence-corrected chi connectivity index (χ3v) is 4.63. The molecule has 3 nitrogen and oxygen atoms in total. The van der Waals surface area contributed by atoms with Gasteiger partial charge in [0.05, 0.1) is 5.71 Å². The number of hydrogen-bond donors (Lipinski definition) is 0. The van der Waals surface area contributed by atoms with E-state index < -0.39 is 5.66 Å². The van der Waals surface area contributed by atoms with Crippen molar-refractivity contribution in [3.8, 4) is 0 Å². The zero-order chi connectivity index (χ0) is 15.3. The van der Waals surface area contributed by atoms with E-state index in [2.05, 4.69) is 30.0 Å². The minimum absolute atomic E-state index is 0.0486. The van der Waals surface area contributed by atoms with Crippen LogP contribution in [0.15, 0.2) is 65.7 Å². The summed E-state index contributed by atoms with van der Waals surface area (Å²) in [5, 5.41) is 0. The van der Waals surface area contributed by atoms with Gasteiger partial charge in [-0.2, -0.15) is 0 Å². The first-order chi connectivity index (χ1) is 10.6. The van der Waals surface area contributed by atoms with Gasteiger partial charge in [0.25, 0.3) is 0 Å². The number of benzene rings is 2. The van der Waals surface area contributed by atoms with Crippen LogP contribution in [0.2, 0.25) is 0 Å². The van der Waals surface area contributed by atoms with Gasteiger partial charge in [-0.15, -0.1) is 0 Å². The zero-order valence-corrected chi connectivity index (χ0v) is 12.6. The largest absolute Gasteiger partial charge is 0.346 e. The number of hydrogen-bond acceptors (Lipinski definition) is 3. The maximum Gasteiger partial charge on any atom is 0.186 e. The number of anilines is 1. The van der Waals surface area contributed by atoms with Gasteiger partial charge in [0.2, 0.25) is 0 Å². The van der Waals surface area contributed by atoms with Gasteiger partial charge in [0, 0.05) is 23.9 Å². The van der Waals surface area contributed by atoms with Gasteiger partial charge in [-0.3, -0.25) is 9.79 Å². The Kier molecular flexibility index (Phi) is 2.61. The van der Waals surface area contributed by atoms with Gasteiger partial charge in [-0.1, -0.05) is 42.5 Å². The summed E-state index contributed by atoms with van der Waals surface area (Å²) in [7, 11) is 2.03. The second-order valence-electron chi connectivity index (χ2n) is 5.84. The van der Waals surface area contributed by atoms with Crippen LogP contribution in [0.3, 0.4) is 0 Å². The second kappa shape index (κ2) is 4.41. The third kappa shape index (κ3) is 1.62. The molecule has 22 heavy (non-hydrogen) atoms. The molecule has 2 aromatic carbocycles. The van der Waals surface area contributed by atoms with Crippen LogP contribution < -0.4 is 4.90 Å². The van der Waals surface area contributed by atoms with Crippen LogP contribution in [0.1, 0.15) is 28.4 Å². The van der Waals surface area contributed by atoms with Gasteiger partial charge >= 0.3 is 0 Å². The van der Waals surface area contributed by atoms with Crippen molar-refractivity contribution >= 4 is 17.2 Å². The number of allylic oxidation sites excluding steroid dienone is 2. The molecule has 0 fully saturated rings. The van der Waals surface area contributed by atoms with Gasteiger partial charge in [0.1, 0.15) is 0 Å². The van der Waals surface area contributed by atoms with Crippen LogP contribution in [0.25, 0.3) is 0 Å². The Morgan fingerprint density at radius 1 is 1.00 bits per heavy atom. The van der Waals surface area contributed by atoms with Crippen molar-refractivity contribution in [2.24, 2.45) is 4.99 Å². The molecule has 1 heterocycles. The van der Waals surface area contributed by atoms with E-state index in [-0.39, 0.29) is 5.78 Å². The van der Waals surface area contributed by atoms with Crippen molar-refractivity contribution in [1.82, 2.24) is 0 Å². The lowest BCUT2D eigenvalue weighted by molar-refractivity contribution is 0.104. The second-order valence-corrected chi connectivity index (χ2v) is 5.84. The highest BCUT2D eigenvalue weighted by atomic mass is 16.1. The van der Waals surface area contributed by atoms with Crippen molar-refractivity contribution in [2.75, 3.05) is 11.9 Å². The predicted molar refractivity (Wildman–Crippen MR) is 88.6 cm³/mol. The number of aliphatic imine (C=N–C) groups is 1. The maximum absolute atomic E-state index is 12.1. The maximum atomic E-state index is 12.1. The van der Waals surface area contributed by atoms with E-state index in [0.717, 1.165) is 28.1 Å². The molecule has 1 aliphatic carbocycles. The summed E-state index contributed by atoms with van der Waals surface area (Å²) in [5.74, 6) is 0.0486. The number of ketones is 1. The summed E-state index contributed by atoms with van der Waals surface area (Å²) in [6.45, 7) is 2.11. The third-order valence-electron chi connectivity index (χ3n) is 4.63. The molecule has 0 amide bonds. The Balaban J connectivity index is 2.00. The van der Waals surface area contributed by atoms with Crippen LogP contribution in [0.5, 0.6) is 0 Å². The standard InChI is InChI=1S/C19H16N2O/c1-19(13-7-4-3-5-8-13)20-15-11-12-17(22)14-9-6-10-16(18(14)15)21(19)2/h3-12H,1-2H3. The van der Waals surface area contributed by atoms with Gasteiger partial charge in [-0.05, 0) is 30.7 Å². The average Bonchev–Trinajstić information content (AvgIpc) is 2.56. The van der Waals surface area contributed by atoms with Crippen molar-refractivity contribution in [3.63, 3.8) is 0 Å². The van der Waals surface area contributed by atoms with E-state index >= 15 is 0 Å². The summed E-state index contributed by atoms with van der Waals surface area (Å²) in [4.78, 5) is 19.2. The quantitative estimate of drug-likeness (QED) is 0.804. The monoisotopic (exact) mass is 288 g/mol. The molecule has 0 radical (unpaired) electrons. The molecular weight excluding hydrogens is 272 g/mol. The Hall–Kier alpha value is -2.68. The van der Waals surface area contributed by atoms with Gasteiger partial charge in [0.15, 0.2) is 11.4 Å². The molecule has 2 aromatic rings. The minimum Gasteiger partial charge on any atom is -0.346 e. The Morgan fingerprint density at radius 2 is 1.77 bits per heavy atom. The van der Waals surface area contributed by atoms with Crippen LogP contribution in [0, 0.1) is 0 Å². The SMILES string of the molecule is CN1c2cccc3c2C(=NC1(C)c1ccccc1)C=CC3=O. The van der Waals surface area contributed by atoms with Crippen LogP contribution in [-0.2, 0) is 5.66 Å². The van der Waals surface area contributed by atoms with Crippen LogP contribution in [0.4, 0.5) is 5.69 Å². The van der Waals surface area contributed by atoms with E-state index in [4.69, 9.17) is 4.99 Å². The highest BCUT2D eigenvalue weighted by molar-refractivity contribution is 6.26. The molecule has 0 saturated heterocycles. The molecule has 4 rings (SSSR count). The highest BCUT2D eigenvalue weighted by Gasteiger charge is 2.38. The molecule has 2 aliphatic rings. The summed E-state index contributed by atoms with van der Waals surface area (Å²) in [5.41, 5.74) is 4.27. The first kappa shape index (κ1) is 13.0. The van der Waals surface area contributed by atoms with Crippen molar-refractivity contribution < 1.29 is 4.79 Å². The molecule has 0 saturated carbocycles. The summed E-state index contributed by atoms with van der Waals surface area (Å²) in [6.07, 6.45) is 3.45. The lowest BCUT2D eigenvalue weighted by atomic mass is 9.87. The molecular formula is C19H16N2O. The fourth-order valence-electron chi connectivity index (χ4n) is 3.27. The summed E-state index contributed by atoms with van der Waals surface area (Å²) < 4.78 is 0. The fraction of sp³-hybridized carbons (Fsp3) is 0.158. The van der Waals surface area contributed by atoms with E-state index in [1.54, 1.807) is 6.08 Å². The van der Waals surface area contributed by atoms with Gasteiger partial charge < -0.3 is 4.90 Å².